The van der Waals surface area contributed by atoms with Crippen molar-refractivity contribution < 1.29 is 0 Å². The van der Waals surface area contributed by atoms with E-state index in [1.165, 1.54) is 5.56 Å². The maximum atomic E-state index is 4.42. The third-order valence-corrected chi connectivity index (χ3v) is 7.04. The van der Waals surface area contributed by atoms with Gasteiger partial charge in [-0.05, 0) is 24.6 Å². The van der Waals surface area contributed by atoms with Crippen molar-refractivity contribution in [2.75, 3.05) is 11.5 Å². The largest absolute Gasteiger partial charge is 0.302 e. The van der Waals surface area contributed by atoms with E-state index in [2.05, 4.69) is 58.8 Å². The number of aromatic nitrogens is 7. The Labute approximate surface area is 177 Å². The Hall–Kier alpha value is -2.65. The zero-order valence-electron chi connectivity index (χ0n) is 15.8. The molecule has 1 unspecified atom stereocenters. The highest BCUT2D eigenvalue weighted by molar-refractivity contribution is 8.00. The lowest BCUT2D eigenvalue weighted by Crippen LogP contribution is -2.12. The molecule has 0 fully saturated rings. The second kappa shape index (κ2) is 8.00. The van der Waals surface area contributed by atoms with E-state index in [0.717, 1.165) is 45.6 Å². The van der Waals surface area contributed by atoms with Gasteiger partial charge >= 0.3 is 0 Å². The molecule has 9 heteroatoms. The molecule has 0 amide bonds. The van der Waals surface area contributed by atoms with Gasteiger partial charge in [-0.3, -0.25) is 9.55 Å². The number of hydrogen-bond donors (Lipinski definition) is 0. The quantitative estimate of drug-likeness (QED) is 0.439. The number of aryl methyl sites for hydroxylation is 1. The molecule has 0 bridgehead atoms. The second-order valence-electron chi connectivity index (χ2n) is 6.80. The molecule has 1 aliphatic heterocycles. The van der Waals surface area contributed by atoms with E-state index in [4.69, 9.17) is 0 Å². The van der Waals surface area contributed by atoms with Gasteiger partial charge in [-0.1, -0.05) is 53.9 Å². The van der Waals surface area contributed by atoms with Crippen LogP contribution in [0.5, 0.6) is 0 Å². The Morgan fingerprint density at radius 2 is 1.97 bits per heavy atom. The molecule has 4 aromatic rings. The molecule has 0 N–H and O–H groups in total. The molecule has 146 valence electrons. The topological polar surface area (TPSA) is 74.3 Å². The molecular weight excluding hydrogens is 402 g/mol. The van der Waals surface area contributed by atoms with E-state index in [-0.39, 0.29) is 0 Å². The Morgan fingerprint density at radius 3 is 2.79 bits per heavy atom. The molecule has 0 saturated heterocycles. The molecule has 7 nitrogen and oxygen atoms in total. The first-order valence-corrected chi connectivity index (χ1v) is 11.3. The molecule has 29 heavy (non-hydrogen) atoms. The van der Waals surface area contributed by atoms with Gasteiger partial charge in [0.05, 0.1) is 12.6 Å². The summed E-state index contributed by atoms with van der Waals surface area (Å²) in [5.41, 5.74) is 2.24. The molecule has 0 aliphatic carbocycles. The normalized spacial score (nSPS) is 15.6. The van der Waals surface area contributed by atoms with Gasteiger partial charge in [0.2, 0.25) is 0 Å². The SMILES string of the molecule is Cc1nnc(SCC2CSc3nnc(-c4cccnc4)n32)n1Cc1ccccc1. The molecule has 3 aromatic heterocycles. The van der Waals surface area contributed by atoms with Crippen molar-refractivity contribution in [3.63, 3.8) is 0 Å². The van der Waals surface area contributed by atoms with Crippen LogP contribution in [0.15, 0.2) is 65.2 Å². The van der Waals surface area contributed by atoms with Crippen LogP contribution in [-0.4, -0.2) is 46.0 Å². The van der Waals surface area contributed by atoms with E-state index in [9.17, 15) is 0 Å². The van der Waals surface area contributed by atoms with Crippen LogP contribution in [0, 0.1) is 6.92 Å². The summed E-state index contributed by atoms with van der Waals surface area (Å²) < 4.78 is 4.41. The third-order valence-electron chi connectivity index (χ3n) is 4.84. The molecule has 5 rings (SSSR count). The van der Waals surface area contributed by atoms with Gasteiger partial charge < -0.3 is 4.57 Å². The number of pyridine rings is 1. The van der Waals surface area contributed by atoms with Gasteiger partial charge in [0.25, 0.3) is 0 Å². The number of nitrogens with zero attached hydrogens (tertiary/aromatic N) is 7. The van der Waals surface area contributed by atoms with E-state index in [1.54, 1.807) is 29.7 Å². The second-order valence-corrected chi connectivity index (χ2v) is 8.77. The summed E-state index contributed by atoms with van der Waals surface area (Å²) in [7, 11) is 0. The van der Waals surface area contributed by atoms with Gasteiger partial charge in [-0.25, -0.2) is 0 Å². The highest BCUT2D eigenvalue weighted by atomic mass is 32.2. The van der Waals surface area contributed by atoms with Gasteiger partial charge in [0.15, 0.2) is 16.1 Å². The summed E-state index contributed by atoms with van der Waals surface area (Å²) >= 11 is 3.49. The molecule has 0 radical (unpaired) electrons. The fraction of sp³-hybridized carbons (Fsp3) is 0.250. The number of rotatable bonds is 6. The number of fused-ring (bicyclic) bond motifs is 1. The summed E-state index contributed by atoms with van der Waals surface area (Å²) in [6.45, 7) is 2.78. The predicted molar refractivity (Wildman–Crippen MR) is 114 cm³/mol. The standard InChI is InChI=1S/C20H19N7S2/c1-14-22-24-19(26(14)11-15-6-3-2-4-7-15)28-12-17-13-29-20-25-23-18(27(17)20)16-8-5-9-21-10-16/h2-10,17H,11-13H2,1H3. The van der Waals surface area contributed by atoms with Crippen molar-refractivity contribution in [2.45, 2.75) is 29.8 Å². The van der Waals surface area contributed by atoms with Crippen LogP contribution in [0.4, 0.5) is 0 Å². The summed E-state index contributed by atoms with van der Waals surface area (Å²) in [5, 5.41) is 19.4. The average molecular weight is 422 g/mol. The monoisotopic (exact) mass is 421 g/mol. The van der Waals surface area contributed by atoms with Crippen molar-refractivity contribution in [1.29, 1.82) is 0 Å². The lowest BCUT2D eigenvalue weighted by atomic mass is 10.2. The first-order chi connectivity index (χ1) is 14.3. The van der Waals surface area contributed by atoms with Crippen molar-refractivity contribution >= 4 is 23.5 Å². The maximum absolute atomic E-state index is 4.42. The Balaban J connectivity index is 1.35. The van der Waals surface area contributed by atoms with Crippen molar-refractivity contribution in [3.05, 3.63) is 66.2 Å². The Bertz CT molecular complexity index is 1110. The molecule has 4 heterocycles. The van der Waals surface area contributed by atoms with Crippen LogP contribution in [0.2, 0.25) is 0 Å². The van der Waals surface area contributed by atoms with Crippen molar-refractivity contribution in [1.82, 2.24) is 34.5 Å². The van der Waals surface area contributed by atoms with Crippen molar-refractivity contribution in [3.8, 4) is 11.4 Å². The third kappa shape index (κ3) is 3.67. The highest BCUT2D eigenvalue weighted by Gasteiger charge is 2.29. The maximum Gasteiger partial charge on any atom is 0.191 e. The fourth-order valence-electron chi connectivity index (χ4n) is 3.35. The van der Waals surface area contributed by atoms with Crippen molar-refractivity contribution in [2.24, 2.45) is 0 Å². The zero-order chi connectivity index (χ0) is 19.6. The number of benzene rings is 1. The molecular formula is C20H19N7S2. The van der Waals surface area contributed by atoms with Crippen LogP contribution in [0.25, 0.3) is 11.4 Å². The van der Waals surface area contributed by atoms with Crippen LogP contribution in [0.1, 0.15) is 17.4 Å². The van der Waals surface area contributed by atoms with Gasteiger partial charge in [-0.2, -0.15) is 0 Å². The molecule has 0 spiro atoms. The minimum absolute atomic E-state index is 0.299. The first kappa shape index (κ1) is 18.4. The van der Waals surface area contributed by atoms with E-state index in [1.807, 2.05) is 31.3 Å². The predicted octanol–water partition coefficient (Wildman–Crippen LogP) is 3.73. The minimum Gasteiger partial charge on any atom is -0.302 e. The first-order valence-electron chi connectivity index (χ1n) is 9.34. The number of hydrogen-bond acceptors (Lipinski definition) is 7. The Morgan fingerprint density at radius 1 is 1.07 bits per heavy atom. The summed E-state index contributed by atoms with van der Waals surface area (Å²) in [5.74, 6) is 3.68. The molecule has 0 saturated carbocycles. The summed E-state index contributed by atoms with van der Waals surface area (Å²) in [6, 6.07) is 14.7. The fourth-order valence-corrected chi connectivity index (χ4v) is 5.64. The van der Waals surface area contributed by atoms with Gasteiger partial charge in [-0.15, -0.1) is 20.4 Å². The van der Waals surface area contributed by atoms with Crippen LogP contribution in [0.3, 0.4) is 0 Å². The van der Waals surface area contributed by atoms with Crippen LogP contribution in [-0.2, 0) is 6.54 Å². The average Bonchev–Trinajstić information content (AvgIpc) is 3.45. The van der Waals surface area contributed by atoms with E-state index < -0.39 is 0 Å². The van der Waals surface area contributed by atoms with Crippen LogP contribution < -0.4 is 0 Å². The highest BCUT2D eigenvalue weighted by Crippen LogP contribution is 2.38. The van der Waals surface area contributed by atoms with E-state index in [0.29, 0.717) is 6.04 Å². The lowest BCUT2D eigenvalue weighted by molar-refractivity contribution is 0.595. The minimum atomic E-state index is 0.299. The summed E-state index contributed by atoms with van der Waals surface area (Å²) in [4.78, 5) is 4.22. The number of thioether (sulfide) groups is 2. The smallest absolute Gasteiger partial charge is 0.191 e. The molecule has 1 atom stereocenters. The molecule has 1 aromatic carbocycles. The van der Waals surface area contributed by atoms with E-state index >= 15 is 0 Å². The van der Waals surface area contributed by atoms with Crippen LogP contribution >= 0.6 is 23.5 Å². The zero-order valence-corrected chi connectivity index (χ0v) is 17.5. The van der Waals surface area contributed by atoms with Gasteiger partial charge in [0, 0.05) is 29.5 Å². The Kier molecular flexibility index (Phi) is 5.07. The van der Waals surface area contributed by atoms with Gasteiger partial charge in [0.1, 0.15) is 5.82 Å². The summed E-state index contributed by atoms with van der Waals surface area (Å²) in [6.07, 6.45) is 3.61. The lowest BCUT2D eigenvalue weighted by Gasteiger charge is -2.14. The molecule has 1 aliphatic rings.